The number of amides is 1. The quantitative estimate of drug-likeness (QED) is 0.863. The molecule has 1 aromatic heterocycles. The average Bonchev–Trinajstić information content (AvgIpc) is 2.66. The summed E-state index contributed by atoms with van der Waals surface area (Å²) in [6.45, 7) is 3.57. The first-order chi connectivity index (χ1) is 8.49. The van der Waals surface area contributed by atoms with Crippen molar-refractivity contribution in [3.8, 4) is 0 Å². The number of aryl methyl sites for hydroxylation is 2. The molecular formula is C13H11BrFNOS. The molecule has 0 atom stereocenters. The summed E-state index contributed by atoms with van der Waals surface area (Å²) < 4.78 is 14.7. The van der Waals surface area contributed by atoms with Crippen molar-refractivity contribution in [1.82, 2.24) is 0 Å². The molecule has 0 unspecified atom stereocenters. The molecule has 1 N–H and O–H groups in total. The normalized spacial score (nSPS) is 10.4. The minimum atomic E-state index is -0.391. The third-order valence-corrected chi connectivity index (χ3v) is 4.66. The Kier molecular flexibility index (Phi) is 3.82. The lowest BCUT2D eigenvalue weighted by atomic mass is 10.2. The zero-order valence-corrected chi connectivity index (χ0v) is 12.3. The summed E-state index contributed by atoms with van der Waals surface area (Å²) in [5, 5.41) is 2.58. The van der Waals surface area contributed by atoms with Crippen LogP contribution in [0.4, 0.5) is 10.1 Å². The molecule has 0 fully saturated rings. The first-order valence-electron chi connectivity index (χ1n) is 5.31. The second-order valence-electron chi connectivity index (χ2n) is 3.96. The monoisotopic (exact) mass is 327 g/mol. The van der Waals surface area contributed by atoms with E-state index in [4.69, 9.17) is 0 Å². The van der Waals surface area contributed by atoms with Crippen LogP contribution in [0.5, 0.6) is 0 Å². The highest BCUT2D eigenvalue weighted by molar-refractivity contribution is 9.11. The Hall–Kier alpha value is -1.20. The summed E-state index contributed by atoms with van der Waals surface area (Å²) in [4.78, 5) is 12.5. The molecule has 2 aromatic rings. The topological polar surface area (TPSA) is 29.1 Å². The molecular weight excluding hydrogens is 317 g/mol. The van der Waals surface area contributed by atoms with Crippen LogP contribution in [0, 0.1) is 19.7 Å². The number of carbonyl (C=O) groups is 1. The maximum Gasteiger partial charge on any atom is 0.265 e. The van der Waals surface area contributed by atoms with Gasteiger partial charge in [0.15, 0.2) is 0 Å². The molecule has 0 bridgehead atoms. The van der Waals surface area contributed by atoms with Gasteiger partial charge in [0.2, 0.25) is 0 Å². The zero-order valence-electron chi connectivity index (χ0n) is 9.88. The van der Waals surface area contributed by atoms with Crippen molar-refractivity contribution in [2.75, 3.05) is 5.32 Å². The average molecular weight is 328 g/mol. The van der Waals surface area contributed by atoms with Crippen molar-refractivity contribution in [1.29, 1.82) is 0 Å². The first-order valence-corrected chi connectivity index (χ1v) is 6.92. The van der Waals surface area contributed by atoms with E-state index in [0.717, 1.165) is 9.35 Å². The lowest BCUT2D eigenvalue weighted by molar-refractivity contribution is 0.103. The standard InChI is InChI=1S/C13H11BrFNOS/c1-7-4-3-5-9(11(7)15)16-13(17)10-6-8(2)12(14)18-10/h3-6H,1-2H3,(H,16,17). The highest BCUT2D eigenvalue weighted by Crippen LogP contribution is 2.28. The smallest absolute Gasteiger partial charge is 0.265 e. The number of rotatable bonds is 2. The molecule has 0 aliphatic heterocycles. The van der Waals surface area contributed by atoms with Gasteiger partial charge in [-0.15, -0.1) is 11.3 Å². The Balaban J connectivity index is 2.24. The molecule has 2 rings (SSSR count). The third-order valence-electron chi connectivity index (χ3n) is 2.52. The van der Waals surface area contributed by atoms with Gasteiger partial charge >= 0.3 is 0 Å². The zero-order chi connectivity index (χ0) is 13.3. The summed E-state index contributed by atoms with van der Waals surface area (Å²) in [6.07, 6.45) is 0. The summed E-state index contributed by atoms with van der Waals surface area (Å²) in [6, 6.07) is 6.70. The SMILES string of the molecule is Cc1cc(C(=O)Nc2cccc(C)c2F)sc1Br. The Labute approximate surface area is 117 Å². The van der Waals surface area contributed by atoms with Gasteiger partial charge in [-0.3, -0.25) is 4.79 Å². The lowest BCUT2D eigenvalue weighted by Gasteiger charge is -2.06. The van der Waals surface area contributed by atoms with Crippen molar-refractivity contribution in [2.45, 2.75) is 13.8 Å². The number of carbonyl (C=O) groups excluding carboxylic acids is 1. The summed E-state index contributed by atoms with van der Waals surface area (Å²) in [5.41, 5.74) is 1.72. The molecule has 0 aliphatic rings. The van der Waals surface area contributed by atoms with Gasteiger partial charge < -0.3 is 5.32 Å². The predicted molar refractivity (Wildman–Crippen MR) is 75.8 cm³/mol. The van der Waals surface area contributed by atoms with Crippen molar-refractivity contribution in [3.05, 3.63) is 49.9 Å². The predicted octanol–water partition coefficient (Wildman–Crippen LogP) is 4.52. The number of benzene rings is 1. The van der Waals surface area contributed by atoms with Gasteiger partial charge in [-0.25, -0.2) is 4.39 Å². The van der Waals surface area contributed by atoms with Crippen LogP contribution >= 0.6 is 27.3 Å². The Morgan fingerprint density at radius 2 is 2.06 bits per heavy atom. The number of halogens is 2. The highest BCUT2D eigenvalue weighted by Gasteiger charge is 2.13. The lowest BCUT2D eigenvalue weighted by Crippen LogP contribution is -2.11. The molecule has 0 saturated heterocycles. The van der Waals surface area contributed by atoms with E-state index >= 15 is 0 Å². The van der Waals surface area contributed by atoms with Crippen molar-refractivity contribution < 1.29 is 9.18 Å². The van der Waals surface area contributed by atoms with E-state index in [1.54, 1.807) is 31.2 Å². The largest absolute Gasteiger partial charge is 0.319 e. The summed E-state index contributed by atoms with van der Waals surface area (Å²) in [7, 11) is 0. The number of hydrogen-bond acceptors (Lipinski definition) is 2. The highest BCUT2D eigenvalue weighted by atomic mass is 79.9. The minimum Gasteiger partial charge on any atom is -0.319 e. The molecule has 18 heavy (non-hydrogen) atoms. The van der Waals surface area contributed by atoms with E-state index in [2.05, 4.69) is 21.2 Å². The van der Waals surface area contributed by atoms with Gasteiger partial charge in [-0.1, -0.05) is 12.1 Å². The fraction of sp³-hybridized carbons (Fsp3) is 0.154. The Morgan fingerprint density at radius 1 is 1.33 bits per heavy atom. The van der Waals surface area contributed by atoms with E-state index in [-0.39, 0.29) is 11.6 Å². The number of nitrogens with one attached hydrogen (secondary N) is 1. The number of hydrogen-bond donors (Lipinski definition) is 1. The van der Waals surface area contributed by atoms with E-state index in [9.17, 15) is 9.18 Å². The maximum atomic E-state index is 13.7. The van der Waals surface area contributed by atoms with E-state index in [0.29, 0.717) is 10.4 Å². The molecule has 0 aliphatic carbocycles. The van der Waals surface area contributed by atoms with Crippen LogP contribution in [-0.4, -0.2) is 5.91 Å². The molecule has 1 amide bonds. The fourth-order valence-electron chi connectivity index (χ4n) is 1.50. The second kappa shape index (κ2) is 5.20. The molecule has 1 heterocycles. The van der Waals surface area contributed by atoms with Crippen LogP contribution in [0.25, 0.3) is 0 Å². The molecule has 0 radical (unpaired) electrons. The molecule has 0 spiro atoms. The van der Waals surface area contributed by atoms with Crippen molar-refractivity contribution in [3.63, 3.8) is 0 Å². The van der Waals surface area contributed by atoms with E-state index in [1.165, 1.54) is 11.3 Å². The van der Waals surface area contributed by atoms with Crippen LogP contribution in [0.2, 0.25) is 0 Å². The van der Waals surface area contributed by atoms with E-state index < -0.39 is 5.82 Å². The van der Waals surface area contributed by atoms with E-state index in [1.807, 2.05) is 6.92 Å². The summed E-state index contributed by atoms with van der Waals surface area (Å²) >= 11 is 4.69. The molecule has 2 nitrogen and oxygen atoms in total. The molecule has 94 valence electrons. The van der Waals surface area contributed by atoms with Crippen LogP contribution in [0.1, 0.15) is 20.8 Å². The minimum absolute atomic E-state index is 0.210. The van der Waals surface area contributed by atoms with Crippen molar-refractivity contribution >= 4 is 38.9 Å². The van der Waals surface area contributed by atoms with Crippen LogP contribution < -0.4 is 5.32 Å². The van der Waals surface area contributed by atoms with Crippen LogP contribution in [-0.2, 0) is 0 Å². The summed E-state index contributed by atoms with van der Waals surface area (Å²) in [5.74, 6) is -0.684. The Morgan fingerprint density at radius 3 is 2.67 bits per heavy atom. The second-order valence-corrected chi connectivity index (χ2v) is 6.33. The Bertz CT molecular complexity index is 590. The van der Waals surface area contributed by atoms with Gasteiger partial charge in [-0.2, -0.15) is 0 Å². The van der Waals surface area contributed by atoms with Gasteiger partial charge in [0.25, 0.3) is 5.91 Å². The molecule has 1 aromatic carbocycles. The molecule has 0 saturated carbocycles. The van der Waals surface area contributed by atoms with Crippen LogP contribution in [0.3, 0.4) is 0 Å². The number of thiophene rings is 1. The van der Waals surface area contributed by atoms with Gasteiger partial charge in [0, 0.05) is 0 Å². The van der Waals surface area contributed by atoms with Crippen molar-refractivity contribution in [2.24, 2.45) is 0 Å². The number of anilines is 1. The van der Waals surface area contributed by atoms with Gasteiger partial charge in [-0.05, 0) is 53.0 Å². The molecule has 5 heteroatoms. The maximum absolute atomic E-state index is 13.7. The fourth-order valence-corrected chi connectivity index (χ4v) is 2.93. The van der Waals surface area contributed by atoms with Crippen LogP contribution in [0.15, 0.2) is 28.1 Å². The first kappa shape index (κ1) is 13.2. The third kappa shape index (κ3) is 2.62. The van der Waals surface area contributed by atoms with Gasteiger partial charge in [0.05, 0.1) is 14.4 Å². The van der Waals surface area contributed by atoms with Gasteiger partial charge in [0.1, 0.15) is 5.82 Å².